The summed E-state index contributed by atoms with van der Waals surface area (Å²) in [6, 6.07) is 6.82. The molecule has 2 rings (SSSR count). The molecule has 1 heterocycles. The Morgan fingerprint density at radius 1 is 1.13 bits per heavy atom. The van der Waals surface area contributed by atoms with Crippen LogP contribution >= 0.6 is 11.6 Å². The molecule has 122 valence electrons. The second-order valence-electron chi connectivity index (χ2n) is 4.53. The molecule has 0 unspecified atom stereocenters. The molecule has 0 bridgehead atoms. The number of rotatable bonds is 5. The van der Waals surface area contributed by atoms with Crippen molar-refractivity contribution in [2.24, 2.45) is 0 Å². The van der Waals surface area contributed by atoms with Gasteiger partial charge in [-0.15, -0.1) is 0 Å². The average Bonchev–Trinajstić information content (AvgIpc) is 2.94. The maximum Gasteiger partial charge on any atom is 0.374 e. The van der Waals surface area contributed by atoms with Gasteiger partial charge in [0.2, 0.25) is 5.76 Å². The van der Waals surface area contributed by atoms with Gasteiger partial charge in [0, 0.05) is 17.1 Å². The van der Waals surface area contributed by atoms with E-state index in [1.807, 2.05) is 6.92 Å². The molecule has 23 heavy (non-hydrogen) atoms. The van der Waals surface area contributed by atoms with Crippen LogP contribution in [0.4, 0.5) is 5.69 Å². The predicted molar refractivity (Wildman–Crippen MR) is 86.0 cm³/mol. The largest absolute Gasteiger partial charge is 0.465 e. The Hall–Kier alpha value is -2.47. The van der Waals surface area contributed by atoms with Gasteiger partial charge >= 0.3 is 11.9 Å². The highest BCUT2D eigenvalue weighted by Gasteiger charge is 2.31. The van der Waals surface area contributed by atoms with Crippen molar-refractivity contribution in [3.05, 3.63) is 40.6 Å². The standard InChI is InChI=1S/C16H16ClNO5/c1-4-18-12-11(15(19)21-2)14(16(20)22-3)23-13(12)9-5-7-10(17)8-6-9/h5-8,18H,4H2,1-3H3. The molecule has 6 nitrogen and oxygen atoms in total. The van der Waals surface area contributed by atoms with Crippen LogP contribution in [0.25, 0.3) is 11.3 Å². The molecule has 1 aromatic heterocycles. The van der Waals surface area contributed by atoms with Crippen LogP contribution < -0.4 is 5.32 Å². The number of halogens is 1. The van der Waals surface area contributed by atoms with Gasteiger partial charge in [0.15, 0.2) is 5.76 Å². The van der Waals surface area contributed by atoms with E-state index in [0.29, 0.717) is 28.6 Å². The maximum atomic E-state index is 12.1. The molecule has 0 radical (unpaired) electrons. The van der Waals surface area contributed by atoms with Gasteiger partial charge in [-0.2, -0.15) is 0 Å². The molecule has 0 amide bonds. The van der Waals surface area contributed by atoms with Gasteiger partial charge in [0.1, 0.15) is 5.56 Å². The second kappa shape index (κ2) is 7.19. The van der Waals surface area contributed by atoms with Gasteiger partial charge in [-0.05, 0) is 31.2 Å². The monoisotopic (exact) mass is 337 g/mol. The Bertz CT molecular complexity index is 721. The van der Waals surface area contributed by atoms with Gasteiger partial charge in [-0.3, -0.25) is 0 Å². The van der Waals surface area contributed by atoms with E-state index in [1.165, 1.54) is 14.2 Å². The Labute approximate surface area is 138 Å². The molecule has 0 saturated carbocycles. The maximum absolute atomic E-state index is 12.1. The van der Waals surface area contributed by atoms with Crippen molar-refractivity contribution < 1.29 is 23.5 Å². The Balaban J connectivity index is 2.70. The van der Waals surface area contributed by atoms with E-state index in [1.54, 1.807) is 24.3 Å². The molecule has 0 fully saturated rings. The van der Waals surface area contributed by atoms with E-state index in [-0.39, 0.29) is 11.3 Å². The van der Waals surface area contributed by atoms with Crippen LogP contribution in [0.2, 0.25) is 5.02 Å². The first-order valence-corrected chi connectivity index (χ1v) is 7.24. The molecule has 1 aromatic carbocycles. The van der Waals surface area contributed by atoms with Gasteiger partial charge in [-0.25, -0.2) is 9.59 Å². The summed E-state index contributed by atoms with van der Waals surface area (Å²) in [6.45, 7) is 2.38. The van der Waals surface area contributed by atoms with Crippen molar-refractivity contribution in [1.82, 2.24) is 0 Å². The summed E-state index contributed by atoms with van der Waals surface area (Å²) >= 11 is 5.89. The third-order valence-electron chi connectivity index (χ3n) is 3.13. The van der Waals surface area contributed by atoms with Crippen LogP contribution in [0, 0.1) is 0 Å². The number of hydrogen-bond donors (Lipinski definition) is 1. The summed E-state index contributed by atoms with van der Waals surface area (Å²) < 4.78 is 15.1. The van der Waals surface area contributed by atoms with Crippen molar-refractivity contribution in [3.8, 4) is 11.3 Å². The number of furan rings is 1. The third kappa shape index (κ3) is 3.32. The third-order valence-corrected chi connectivity index (χ3v) is 3.38. The van der Waals surface area contributed by atoms with Crippen molar-refractivity contribution in [2.45, 2.75) is 6.92 Å². The van der Waals surface area contributed by atoms with Crippen molar-refractivity contribution >= 4 is 29.2 Å². The minimum atomic E-state index is -0.759. The van der Waals surface area contributed by atoms with Crippen LogP contribution in [0.3, 0.4) is 0 Å². The predicted octanol–water partition coefficient (Wildman–Crippen LogP) is 3.61. The number of methoxy groups -OCH3 is 2. The molecule has 7 heteroatoms. The minimum Gasteiger partial charge on any atom is -0.465 e. The van der Waals surface area contributed by atoms with Crippen LogP contribution in [0.1, 0.15) is 27.8 Å². The minimum absolute atomic E-state index is 0.00569. The Morgan fingerprint density at radius 2 is 1.74 bits per heavy atom. The van der Waals surface area contributed by atoms with E-state index >= 15 is 0 Å². The highest BCUT2D eigenvalue weighted by molar-refractivity contribution is 6.30. The number of carbonyl (C=O) groups excluding carboxylic acids is 2. The molecule has 0 spiro atoms. The van der Waals surface area contributed by atoms with Crippen LogP contribution in [0.5, 0.6) is 0 Å². The lowest BCUT2D eigenvalue weighted by molar-refractivity contribution is 0.0529. The first kappa shape index (κ1) is 16.9. The van der Waals surface area contributed by atoms with Crippen molar-refractivity contribution in [2.75, 3.05) is 26.1 Å². The Morgan fingerprint density at radius 3 is 2.26 bits per heavy atom. The number of ether oxygens (including phenoxy) is 2. The van der Waals surface area contributed by atoms with Crippen molar-refractivity contribution in [1.29, 1.82) is 0 Å². The number of carbonyl (C=O) groups is 2. The summed E-state index contributed by atoms with van der Waals surface area (Å²) in [5, 5.41) is 3.60. The number of nitrogens with one attached hydrogen (secondary N) is 1. The summed E-state index contributed by atoms with van der Waals surface area (Å²) in [4.78, 5) is 24.0. The van der Waals surface area contributed by atoms with E-state index in [0.717, 1.165) is 0 Å². The van der Waals surface area contributed by atoms with Gasteiger partial charge in [-0.1, -0.05) is 11.6 Å². The van der Waals surface area contributed by atoms with E-state index in [2.05, 4.69) is 10.1 Å². The summed E-state index contributed by atoms with van der Waals surface area (Å²) in [6.07, 6.45) is 0. The second-order valence-corrected chi connectivity index (χ2v) is 4.97. The Kier molecular flexibility index (Phi) is 5.28. The molecule has 0 atom stereocenters. The number of anilines is 1. The molecule has 0 aliphatic carbocycles. The van der Waals surface area contributed by atoms with E-state index in [9.17, 15) is 9.59 Å². The number of hydrogen-bond acceptors (Lipinski definition) is 6. The molecule has 1 N–H and O–H groups in total. The molecular weight excluding hydrogens is 322 g/mol. The zero-order valence-corrected chi connectivity index (χ0v) is 13.7. The molecular formula is C16H16ClNO5. The summed E-state index contributed by atoms with van der Waals surface area (Å²) in [5.74, 6) is -1.32. The summed E-state index contributed by atoms with van der Waals surface area (Å²) in [7, 11) is 2.44. The molecule has 2 aromatic rings. The van der Waals surface area contributed by atoms with Crippen LogP contribution in [-0.4, -0.2) is 32.7 Å². The zero-order valence-electron chi connectivity index (χ0n) is 12.9. The van der Waals surface area contributed by atoms with Gasteiger partial charge in [0.25, 0.3) is 0 Å². The highest BCUT2D eigenvalue weighted by Crippen LogP contribution is 2.37. The normalized spacial score (nSPS) is 10.3. The molecule has 0 aliphatic heterocycles. The van der Waals surface area contributed by atoms with Crippen molar-refractivity contribution in [3.63, 3.8) is 0 Å². The number of esters is 2. The highest BCUT2D eigenvalue weighted by atomic mass is 35.5. The van der Waals surface area contributed by atoms with Gasteiger partial charge in [0.05, 0.1) is 19.9 Å². The zero-order chi connectivity index (χ0) is 17.0. The van der Waals surface area contributed by atoms with Crippen LogP contribution in [0.15, 0.2) is 28.7 Å². The SMILES string of the molecule is CCNc1c(-c2ccc(Cl)cc2)oc(C(=O)OC)c1C(=O)OC. The summed E-state index contributed by atoms with van der Waals surface area (Å²) in [5.41, 5.74) is 1.04. The number of benzene rings is 1. The fraction of sp³-hybridized carbons (Fsp3) is 0.250. The smallest absolute Gasteiger partial charge is 0.374 e. The lowest BCUT2D eigenvalue weighted by atomic mass is 10.1. The molecule has 0 saturated heterocycles. The van der Waals surface area contributed by atoms with Crippen LogP contribution in [-0.2, 0) is 9.47 Å². The van der Waals surface area contributed by atoms with E-state index in [4.69, 9.17) is 20.8 Å². The average molecular weight is 338 g/mol. The fourth-order valence-corrected chi connectivity index (χ4v) is 2.24. The van der Waals surface area contributed by atoms with E-state index < -0.39 is 11.9 Å². The lowest BCUT2D eigenvalue weighted by Crippen LogP contribution is -2.12. The first-order chi connectivity index (χ1) is 11.0. The van der Waals surface area contributed by atoms with Gasteiger partial charge < -0.3 is 19.2 Å². The quantitative estimate of drug-likeness (QED) is 0.840. The molecule has 0 aliphatic rings. The first-order valence-electron chi connectivity index (χ1n) is 6.86. The topological polar surface area (TPSA) is 77.8 Å². The fourth-order valence-electron chi connectivity index (χ4n) is 2.11. The lowest BCUT2D eigenvalue weighted by Gasteiger charge is -2.06.